The van der Waals surface area contributed by atoms with Crippen molar-refractivity contribution >= 4 is 40.0 Å². The van der Waals surface area contributed by atoms with Gasteiger partial charge in [-0.15, -0.1) is 5.11 Å². The van der Waals surface area contributed by atoms with Crippen molar-refractivity contribution in [3.8, 4) is 5.75 Å². The molecule has 34 heavy (non-hydrogen) atoms. The van der Waals surface area contributed by atoms with Crippen LogP contribution >= 0.6 is 11.6 Å². The predicted octanol–water partition coefficient (Wildman–Crippen LogP) is 9.59. The largest absolute Gasteiger partial charge is 0.494 e. The molecular formula is C27H32ClN5O. The Morgan fingerprint density at radius 2 is 1.26 bits per heavy atom. The first kappa shape index (κ1) is 25.4. The number of unbranched alkanes of at least 4 members (excludes halogenated alkanes) is 4. The van der Waals surface area contributed by atoms with Gasteiger partial charge >= 0.3 is 0 Å². The molecule has 0 atom stereocenters. The molecule has 6 nitrogen and oxygen atoms in total. The number of anilines is 1. The molecular weight excluding hydrogens is 446 g/mol. The van der Waals surface area contributed by atoms with E-state index >= 15 is 0 Å². The second kappa shape index (κ2) is 13.5. The van der Waals surface area contributed by atoms with Gasteiger partial charge < -0.3 is 9.64 Å². The molecule has 0 aliphatic heterocycles. The summed E-state index contributed by atoms with van der Waals surface area (Å²) in [6.07, 6.45) is 6.03. The fraction of sp³-hybridized carbons (Fsp3) is 0.333. The molecule has 0 heterocycles. The first-order valence-corrected chi connectivity index (χ1v) is 12.1. The van der Waals surface area contributed by atoms with Gasteiger partial charge in [0.05, 0.1) is 28.7 Å². The lowest BCUT2D eigenvalue weighted by atomic mass is 10.2. The second-order valence-electron chi connectivity index (χ2n) is 8.20. The summed E-state index contributed by atoms with van der Waals surface area (Å²) in [4.78, 5) is 2.04. The average molecular weight is 478 g/mol. The van der Waals surface area contributed by atoms with Crippen LogP contribution in [0.1, 0.15) is 39.0 Å². The van der Waals surface area contributed by atoms with E-state index in [0.29, 0.717) is 23.0 Å². The molecule has 0 amide bonds. The molecule has 0 bridgehead atoms. The van der Waals surface area contributed by atoms with E-state index in [4.69, 9.17) is 16.3 Å². The van der Waals surface area contributed by atoms with Crippen molar-refractivity contribution in [2.24, 2.45) is 20.5 Å². The Hall–Kier alpha value is -3.25. The highest BCUT2D eigenvalue weighted by atomic mass is 35.5. The minimum atomic E-state index is 0.512. The average Bonchev–Trinajstić information content (AvgIpc) is 2.85. The molecule has 0 spiro atoms. The molecule has 0 fully saturated rings. The third kappa shape index (κ3) is 8.27. The zero-order valence-electron chi connectivity index (χ0n) is 20.1. The van der Waals surface area contributed by atoms with Crippen LogP contribution < -0.4 is 9.64 Å². The van der Waals surface area contributed by atoms with Crippen LogP contribution in [0.5, 0.6) is 5.75 Å². The van der Waals surface area contributed by atoms with Crippen molar-refractivity contribution in [3.63, 3.8) is 0 Å². The first-order chi connectivity index (χ1) is 16.5. The summed E-state index contributed by atoms with van der Waals surface area (Å²) in [6.45, 7) is 2.91. The third-order valence-corrected chi connectivity index (χ3v) is 5.51. The summed E-state index contributed by atoms with van der Waals surface area (Å²) in [5, 5.41) is 17.6. The first-order valence-electron chi connectivity index (χ1n) is 11.7. The Labute approximate surface area is 207 Å². The van der Waals surface area contributed by atoms with Gasteiger partial charge in [-0.05, 0) is 67.1 Å². The van der Waals surface area contributed by atoms with E-state index in [0.717, 1.165) is 29.2 Å². The Balaban J connectivity index is 1.52. The van der Waals surface area contributed by atoms with Crippen LogP contribution in [0.3, 0.4) is 0 Å². The molecule has 3 rings (SSSR count). The maximum atomic E-state index is 6.36. The van der Waals surface area contributed by atoms with Gasteiger partial charge in [-0.2, -0.15) is 15.3 Å². The number of hydrogen-bond acceptors (Lipinski definition) is 6. The number of rotatable bonds is 12. The molecule has 0 N–H and O–H groups in total. The maximum Gasteiger partial charge on any atom is 0.120 e. The Morgan fingerprint density at radius 1 is 0.706 bits per heavy atom. The molecule has 178 valence electrons. The lowest BCUT2D eigenvalue weighted by Gasteiger charge is -2.11. The van der Waals surface area contributed by atoms with Gasteiger partial charge in [-0.25, -0.2) is 0 Å². The summed E-state index contributed by atoms with van der Waals surface area (Å²) < 4.78 is 5.79. The maximum absolute atomic E-state index is 6.36. The van der Waals surface area contributed by atoms with Crippen molar-refractivity contribution in [2.45, 2.75) is 39.0 Å². The van der Waals surface area contributed by atoms with Gasteiger partial charge in [0, 0.05) is 25.8 Å². The van der Waals surface area contributed by atoms with Crippen LogP contribution in [-0.2, 0) is 0 Å². The van der Waals surface area contributed by atoms with Gasteiger partial charge in [0.1, 0.15) is 11.4 Å². The SMILES string of the molecule is CCCCCCCOc1ccc(/N=N/c2ccc(/N=N/c3ccc(N(C)C)cc3)cc2)c(Cl)c1. The molecule has 7 heteroatoms. The molecule has 0 aliphatic carbocycles. The van der Waals surface area contributed by atoms with Gasteiger partial charge in [0.25, 0.3) is 0 Å². The Bertz CT molecular complexity index is 1080. The van der Waals surface area contributed by atoms with E-state index in [9.17, 15) is 0 Å². The minimum absolute atomic E-state index is 0.512. The van der Waals surface area contributed by atoms with Gasteiger partial charge in [-0.1, -0.05) is 44.2 Å². The molecule has 0 aliphatic rings. The number of nitrogens with zero attached hydrogens (tertiary/aromatic N) is 5. The third-order valence-electron chi connectivity index (χ3n) is 5.21. The van der Waals surface area contributed by atoms with Crippen LogP contribution in [0.25, 0.3) is 0 Å². The number of ether oxygens (including phenoxy) is 1. The monoisotopic (exact) mass is 477 g/mol. The van der Waals surface area contributed by atoms with Gasteiger partial charge in [0.2, 0.25) is 0 Å². The summed E-state index contributed by atoms with van der Waals surface area (Å²) in [5.41, 5.74) is 3.96. The Morgan fingerprint density at radius 3 is 1.82 bits per heavy atom. The Kier molecular flexibility index (Phi) is 10.0. The zero-order valence-corrected chi connectivity index (χ0v) is 20.9. The van der Waals surface area contributed by atoms with Crippen molar-refractivity contribution < 1.29 is 4.74 Å². The highest BCUT2D eigenvalue weighted by Gasteiger charge is 2.03. The molecule has 3 aromatic rings. The summed E-state index contributed by atoms with van der Waals surface area (Å²) in [6, 6.07) is 20.8. The highest BCUT2D eigenvalue weighted by Crippen LogP contribution is 2.31. The van der Waals surface area contributed by atoms with Crippen molar-refractivity contribution in [2.75, 3.05) is 25.6 Å². The van der Waals surface area contributed by atoms with E-state index in [2.05, 4.69) is 27.4 Å². The lowest BCUT2D eigenvalue weighted by molar-refractivity contribution is 0.304. The van der Waals surface area contributed by atoms with Crippen molar-refractivity contribution in [3.05, 3.63) is 71.8 Å². The van der Waals surface area contributed by atoms with Crippen LogP contribution in [0.2, 0.25) is 5.02 Å². The second-order valence-corrected chi connectivity index (χ2v) is 8.61. The fourth-order valence-electron chi connectivity index (χ4n) is 3.18. The van der Waals surface area contributed by atoms with Gasteiger partial charge in [0.15, 0.2) is 0 Å². The molecule has 0 unspecified atom stereocenters. The predicted molar refractivity (Wildman–Crippen MR) is 141 cm³/mol. The molecule has 0 saturated heterocycles. The van der Waals surface area contributed by atoms with E-state index < -0.39 is 0 Å². The highest BCUT2D eigenvalue weighted by molar-refractivity contribution is 6.33. The molecule has 3 aromatic carbocycles. The van der Waals surface area contributed by atoms with Gasteiger partial charge in [-0.3, -0.25) is 0 Å². The number of azo groups is 2. The number of benzene rings is 3. The minimum Gasteiger partial charge on any atom is -0.494 e. The quantitative estimate of drug-likeness (QED) is 0.192. The zero-order chi connectivity index (χ0) is 24.2. The van der Waals surface area contributed by atoms with Crippen LogP contribution in [0.15, 0.2) is 87.2 Å². The van der Waals surface area contributed by atoms with Crippen molar-refractivity contribution in [1.29, 1.82) is 0 Å². The molecule has 0 radical (unpaired) electrons. The van der Waals surface area contributed by atoms with Crippen molar-refractivity contribution in [1.82, 2.24) is 0 Å². The van der Waals surface area contributed by atoms with E-state index in [1.54, 1.807) is 6.07 Å². The number of halogens is 1. The fourth-order valence-corrected chi connectivity index (χ4v) is 3.39. The molecule has 0 aromatic heterocycles. The van der Waals surface area contributed by atoms with Crippen LogP contribution in [0.4, 0.5) is 28.4 Å². The standard InChI is InChI=1S/C27H32ClN5O/c1-4-5-6-7-8-19-34-25-17-18-27(26(28)20-25)32-31-22-11-9-21(10-12-22)29-30-23-13-15-24(16-14-23)33(2)3/h9-18,20H,4-8,19H2,1-3H3/b30-29+,32-31+. The van der Waals surface area contributed by atoms with E-state index in [-0.39, 0.29) is 0 Å². The topological polar surface area (TPSA) is 61.9 Å². The summed E-state index contributed by atoms with van der Waals surface area (Å²) >= 11 is 6.36. The summed E-state index contributed by atoms with van der Waals surface area (Å²) in [7, 11) is 4.01. The molecule has 0 saturated carbocycles. The number of hydrogen-bond donors (Lipinski definition) is 0. The van der Waals surface area contributed by atoms with Crippen LogP contribution in [-0.4, -0.2) is 20.7 Å². The van der Waals surface area contributed by atoms with E-state index in [1.807, 2.05) is 79.7 Å². The van der Waals surface area contributed by atoms with Crippen LogP contribution in [0, 0.1) is 0 Å². The normalized spacial score (nSPS) is 11.4. The smallest absolute Gasteiger partial charge is 0.120 e. The van der Waals surface area contributed by atoms with E-state index in [1.165, 1.54) is 25.7 Å². The summed E-state index contributed by atoms with van der Waals surface area (Å²) in [5.74, 6) is 0.755. The lowest BCUT2D eigenvalue weighted by Crippen LogP contribution is -2.07.